The average molecular weight is 338 g/mol. The van der Waals surface area contributed by atoms with Gasteiger partial charge in [-0.05, 0) is 50.2 Å². The Kier molecular flexibility index (Phi) is 4.95. The Morgan fingerprint density at radius 3 is 2.32 bits per heavy atom. The molecule has 0 amide bonds. The molecular weight excluding hydrogens is 312 g/mol. The molecule has 2 aliphatic rings. The number of likely N-dealkylation sites (tertiary alicyclic amines) is 2. The van der Waals surface area contributed by atoms with E-state index in [1.54, 1.807) is 7.11 Å². The van der Waals surface area contributed by atoms with E-state index in [-0.39, 0.29) is 0 Å². The summed E-state index contributed by atoms with van der Waals surface area (Å²) in [5.41, 5.74) is 2.20. The first kappa shape index (κ1) is 16.5. The Balaban J connectivity index is 1.30. The molecular formula is C20H26N4O. The van der Waals surface area contributed by atoms with Crippen LogP contribution in [0.5, 0.6) is 5.75 Å². The van der Waals surface area contributed by atoms with Gasteiger partial charge >= 0.3 is 0 Å². The lowest BCUT2D eigenvalue weighted by Crippen LogP contribution is -2.59. The minimum absolute atomic E-state index is 0.764. The van der Waals surface area contributed by atoms with Crippen molar-refractivity contribution in [1.29, 1.82) is 0 Å². The van der Waals surface area contributed by atoms with Crippen LogP contribution in [-0.4, -0.2) is 59.1 Å². The fraction of sp³-hybridized carbons (Fsp3) is 0.500. The molecule has 2 fully saturated rings. The summed E-state index contributed by atoms with van der Waals surface area (Å²) in [6.07, 6.45) is 8.07. The molecule has 1 aromatic carbocycles. The van der Waals surface area contributed by atoms with Crippen LogP contribution >= 0.6 is 0 Å². The third kappa shape index (κ3) is 3.83. The first-order valence-electron chi connectivity index (χ1n) is 9.23. The van der Waals surface area contributed by atoms with Crippen LogP contribution in [0.3, 0.4) is 0 Å². The van der Waals surface area contributed by atoms with E-state index in [1.807, 2.05) is 36.7 Å². The van der Waals surface area contributed by atoms with Crippen molar-refractivity contribution in [3.63, 3.8) is 0 Å². The molecule has 5 nitrogen and oxygen atoms in total. The molecule has 0 N–H and O–H groups in total. The van der Waals surface area contributed by atoms with Crippen LogP contribution in [-0.2, 0) is 6.54 Å². The summed E-state index contributed by atoms with van der Waals surface area (Å²) in [6, 6.07) is 8.62. The molecule has 0 aliphatic carbocycles. The Bertz CT molecular complexity index is 674. The molecule has 0 bridgehead atoms. The second kappa shape index (κ2) is 7.50. The van der Waals surface area contributed by atoms with E-state index in [2.05, 4.69) is 19.8 Å². The summed E-state index contributed by atoms with van der Waals surface area (Å²) in [5, 5.41) is 0. The maximum Gasteiger partial charge on any atom is 0.159 e. The predicted octanol–water partition coefficient (Wildman–Crippen LogP) is 2.82. The summed E-state index contributed by atoms with van der Waals surface area (Å²) >= 11 is 0. The molecule has 5 heteroatoms. The number of hydrogen-bond acceptors (Lipinski definition) is 5. The SMILES string of the molecule is COc1ccc(-c2ncc(CN3CC(N4CCCCC4)C3)cn2)cc1. The maximum absolute atomic E-state index is 5.19. The number of aromatic nitrogens is 2. The zero-order valence-corrected chi connectivity index (χ0v) is 14.9. The lowest BCUT2D eigenvalue weighted by molar-refractivity contribution is 0.0185. The fourth-order valence-electron chi connectivity index (χ4n) is 3.77. The van der Waals surface area contributed by atoms with Gasteiger partial charge in [0.25, 0.3) is 0 Å². The van der Waals surface area contributed by atoms with Gasteiger partial charge in [0.05, 0.1) is 7.11 Å². The number of rotatable bonds is 5. The van der Waals surface area contributed by atoms with Crippen molar-refractivity contribution >= 4 is 0 Å². The third-order valence-electron chi connectivity index (χ3n) is 5.30. The number of methoxy groups -OCH3 is 1. The number of hydrogen-bond donors (Lipinski definition) is 0. The highest BCUT2D eigenvalue weighted by Crippen LogP contribution is 2.22. The smallest absolute Gasteiger partial charge is 0.159 e. The Hall–Kier alpha value is -1.98. The Morgan fingerprint density at radius 1 is 1.00 bits per heavy atom. The van der Waals surface area contributed by atoms with Crippen LogP contribution in [0.25, 0.3) is 11.4 Å². The molecule has 0 radical (unpaired) electrons. The van der Waals surface area contributed by atoms with Crippen molar-refractivity contribution in [2.24, 2.45) is 0 Å². The third-order valence-corrected chi connectivity index (χ3v) is 5.30. The van der Waals surface area contributed by atoms with E-state index in [1.165, 1.54) is 51.0 Å². The fourth-order valence-corrected chi connectivity index (χ4v) is 3.77. The molecule has 1 aromatic heterocycles. The highest BCUT2D eigenvalue weighted by molar-refractivity contribution is 5.55. The molecule has 25 heavy (non-hydrogen) atoms. The standard InChI is InChI=1S/C20H26N4O/c1-25-19-7-5-17(6-8-19)20-21-11-16(12-22-20)13-23-14-18(15-23)24-9-3-2-4-10-24/h5-8,11-12,18H,2-4,9-10,13-15H2,1H3. The molecule has 132 valence electrons. The summed E-state index contributed by atoms with van der Waals surface area (Å²) in [6.45, 7) is 5.89. The van der Waals surface area contributed by atoms with Crippen LogP contribution in [0, 0.1) is 0 Å². The lowest BCUT2D eigenvalue weighted by Gasteiger charge is -2.46. The van der Waals surface area contributed by atoms with Crippen molar-refractivity contribution < 1.29 is 4.74 Å². The molecule has 2 saturated heterocycles. The summed E-state index contributed by atoms with van der Waals surface area (Å²) < 4.78 is 5.19. The van der Waals surface area contributed by atoms with Gasteiger partial charge in [-0.25, -0.2) is 9.97 Å². The zero-order valence-electron chi connectivity index (χ0n) is 14.9. The van der Waals surface area contributed by atoms with Gasteiger partial charge in [0, 0.05) is 49.2 Å². The quantitative estimate of drug-likeness (QED) is 0.838. The summed E-state index contributed by atoms with van der Waals surface area (Å²) in [4.78, 5) is 14.2. The minimum Gasteiger partial charge on any atom is -0.497 e. The van der Waals surface area contributed by atoms with E-state index in [4.69, 9.17) is 4.74 Å². The van der Waals surface area contributed by atoms with E-state index in [0.717, 1.165) is 29.7 Å². The first-order valence-corrected chi connectivity index (χ1v) is 9.23. The minimum atomic E-state index is 0.764. The molecule has 0 spiro atoms. The molecule has 0 atom stereocenters. The zero-order chi connectivity index (χ0) is 17.1. The molecule has 3 heterocycles. The van der Waals surface area contributed by atoms with Gasteiger partial charge in [-0.3, -0.25) is 9.80 Å². The van der Waals surface area contributed by atoms with E-state index in [0.29, 0.717) is 0 Å². The highest BCUT2D eigenvalue weighted by atomic mass is 16.5. The summed E-state index contributed by atoms with van der Waals surface area (Å²) in [7, 11) is 1.67. The van der Waals surface area contributed by atoms with Crippen LogP contribution in [0.2, 0.25) is 0 Å². The topological polar surface area (TPSA) is 41.5 Å². The highest BCUT2D eigenvalue weighted by Gasteiger charge is 2.32. The maximum atomic E-state index is 5.19. The van der Waals surface area contributed by atoms with Gasteiger partial charge < -0.3 is 4.74 Å². The Morgan fingerprint density at radius 2 is 1.68 bits per heavy atom. The van der Waals surface area contributed by atoms with Crippen molar-refractivity contribution in [3.8, 4) is 17.1 Å². The van der Waals surface area contributed by atoms with Crippen LogP contribution in [0.1, 0.15) is 24.8 Å². The van der Waals surface area contributed by atoms with Crippen molar-refractivity contribution in [2.75, 3.05) is 33.3 Å². The molecule has 4 rings (SSSR count). The lowest BCUT2D eigenvalue weighted by atomic mass is 10.0. The monoisotopic (exact) mass is 338 g/mol. The van der Waals surface area contributed by atoms with Gasteiger partial charge in [0.1, 0.15) is 5.75 Å². The van der Waals surface area contributed by atoms with Crippen molar-refractivity contribution in [1.82, 2.24) is 19.8 Å². The van der Waals surface area contributed by atoms with E-state index in [9.17, 15) is 0 Å². The van der Waals surface area contributed by atoms with Gasteiger partial charge in [-0.2, -0.15) is 0 Å². The van der Waals surface area contributed by atoms with Crippen molar-refractivity contribution in [3.05, 3.63) is 42.2 Å². The molecule has 2 aromatic rings. The number of benzene rings is 1. The van der Waals surface area contributed by atoms with Gasteiger partial charge in [0.15, 0.2) is 5.82 Å². The normalized spacial score (nSPS) is 19.6. The van der Waals surface area contributed by atoms with E-state index >= 15 is 0 Å². The van der Waals surface area contributed by atoms with Gasteiger partial charge in [0.2, 0.25) is 0 Å². The molecule has 2 aliphatic heterocycles. The first-order chi connectivity index (χ1) is 12.3. The average Bonchev–Trinajstić information content (AvgIpc) is 2.66. The van der Waals surface area contributed by atoms with Gasteiger partial charge in [-0.15, -0.1) is 0 Å². The Labute approximate surface area is 149 Å². The summed E-state index contributed by atoms with van der Waals surface area (Å²) in [5.74, 6) is 1.61. The second-order valence-electron chi connectivity index (χ2n) is 7.09. The largest absolute Gasteiger partial charge is 0.497 e. The van der Waals surface area contributed by atoms with Crippen LogP contribution < -0.4 is 4.74 Å². The number of ether oxygens (including phenoxy) is 1. The van der Waals surface area contributed by atoms with Gasteiger partial charge in [-0.1, -0.05) is 6.42 Å². The van der Waals surface area contributed by atoms with Crippen LogP contribution in [0.15, 0.2) is 36.7 Å². The van der Waals surface area contributed by atoms with Crippen molar-refractivity contribution in [2.45, 2.75) is 31.8 Å². The second-order valence-corrected chi connectivity index (χ2v) is 7.09. The number of piperidine rings is 1. The number of nitrogens with zero attached hydrogens (tertiary/aromatic N) is 4. The predicted molar refractivity (Wildman–Crippen MR) is 98.5 cm³/mol. The van der Waals surface area contributed by atoms with Crippen LogP contribution in [0.4, 0.5) is 0 Å². The molecule has 0 unspecified atom stereocenters. The molecule has 0 saturated carbocycles. The van der Waals surface area contributed by atoms with E-state index < -0.39 is 0 Å².